The van der Waals surface area contributed by atoms with Gasteiger partial charge in [0.05, 0.1) is 0 Å². The first kappa shape index (κ1) is 13.6. The normalized spacial score (nSPS) is 14.2. The number of carbonyl (C=O) groups excluding carboxylic acids is 2. The van der Waals surface area contributed by atoms with E-state index in [4.69, 9.17) is 4.42 Å². The molecule has 1 heterocycles. The first-order chi connectivity index (χ1) is 9.20. The van der Waals surface area contributed by atoms with Crippen molar-refractivity contribution in [1.29, 1.82) is 0 Å². The minimum atomic E-state index is -0.272. The van der Waals surface area contributed by atoms with Crippen LogP contribution in [0.25, 0.3) is 0 Å². The van der Waals surface area contributed by atoms with Crippen molar-refractivity contribution in [2.75, 3.05) is 11.9 Å². The molecule has 0 saturated heterocycles. The smallest absolute Gasteiger partial charge is 0.302 e. The Labute approximate surface area is 112 Å². The van der Waals surface area contributed by atoms with Crippen LogP contribution in [-0.4, -0.2) is 23.3 Å². The molecule has 1 aromatic rings. The van der Waals surface area contributed by atoms with Crippen LogP contribution in [0.4, 0.5) is 6.01 Å². The van der Waals surface area contributed by atoms with E-state index in [0.717, 1.165) is 32.1 Å². The summed E-state index contributed by atoms with van der Waals surface area (Å²) in [4.78, 5) is 27.1. The maximum Gasteiger partial charge on any atom is 0.302 e. The van der Waals surface area contributed by atoms with Crippen molar-refractivity contribution < 1.29 is 14.0 Å². The van der Waals surface area contributed by atoms with Gasteiger partial charge in [-0.25, -0.2) is 0 Å². The van der Waals surface area contributed by atoms with E-state index in [1.807, 2.05) is 0 Å². The van der Waals surface area contributed by atoms with Crippen LogP contribution < -0.4 is 10.6 Å². The molecule has 19 heavy (non-hydrogen) atoms. The number of unbranched alkanes of at least 4 members (excludes halogenated alkanes) is 2. The molecule has 0 radical (unpaired) electrons. The molecular formula is C13H19N3O3. The molecular weight excluding hydrogens is 246 g/mol. The molecule has 2 N–H and O–H groups in total. The van der Waals surface area contributed by atoms with Crippen LogP contribution in [-0.2, 0) is 4.79 Å². The van der Waals surface area contributed by atoms with E-state index < -0.39 is 0 Å². The van der Waals surface area contributed by atoms with Crippen LogP contribution in [0.1, 0.15) is 49.5 Å². The Morgan fingerprint density at radius 3 is 2.89 bits per heavy atom. The molecule has 0 atom stereocenters. The van der Waals surface area contributed by atoms with Gasteiger partial charge >= 0.3 is 6.01 Å². The highest BCUT2D eigenvalue weighted by atomic mass is 16.4. The quantitative estimate of drug-likeness (QED) is 0.738. The molecule has 1 aliphatic rings. The number of nitrogens with one attached hydrogen (secondary N) is 2. The highest BCUT2D eigenvalue weighted by molar-refractivity contribution is 5.94. The van der Waals surface area contributed by atoms with Crippen molar-refractivity contribution >= 4 is 17.8 Å². The number of carbonyl (C=O) groups is 2. The molecule has 1 saturated carbocycles. The molecule has 1 fully saturated rings. The highest BCUT2D eigenvalue weighted by Gasteiger charge is 2.30. The summed E-state index contributed by atoms with van der Waals surface area (Å²) >= 11 is 0. The number of hydrogen-bond donors (Lipinski definition) is 2. The van der Waals surface area contributed by atoms with Gasteiger partial charge < -0.3 is 9.73 Å². The molecule has 0 aromatic carbocycles. The lowest BCUT2D eigenvalue weighted by molar-refractivity contribution is -0.117. The number of aromatic nitrogens is 1. The van der Waals surface area contributed by atoms with E-state index in [1.165, 1.54) is 6.26 Å². The predicted molar refractivity (Wildman–Crippen MR) is 69.7 cm³/mol. The Morgan fingerprint density at radius 1 is 1.42 bits per heavy atom. The monoisotopic (exact) mass is 265 g/mol. The van der Waals surface area contributed by atoms with Gasteiger partial charge in [-0.1, -0.05) is 19.8 Å². The highest BCUT2D eigenvalue weighted by Crippen LogP contribution is 2.29. The summed E-state index contributed by atoms with van der Waals surface area (Å²) in [6, 6.07) is 0.0932. The standard InChI is InChI=1S/C13H19N3O3/c1-2-3-4-7-14-12(18)10-8-19-13(15-10)16-11(17)9-5-6-9/h8-9H,2-7H2,1H3,(H,14,18)(H,15,16,17). The maximum atomic E-state index is 11.7. The lowest BCUT2D eigenvalue weighted by Crippen LogP contribution is -2.24. The zero-order chi connectivity index (χ0) is 13.7. The second-order valence-corrected chi connectivity index (χ2v) is 4.76. The minimum Gasteiger partial charge on any atom is -0.431 e. The van der Waals surface area contributed by atoms with Gasteiger partial charge in [0.2, 0.25) is 5.91 Å². The number of anilines is 1. The largest absolute Gasteiger partial charge is 0.431 e. The van der Waals surface area contributed by atoms with Crippen LogP contribution in [0.2, 0.25) is 0 Å². The Bertz CT molecular complexity index is 452. The summed E-state index contributed by atoms with van der Waals surface area (Å²) in [5.41, 5.74) is 0.197. The molecule has 0 bridgehead atoms. The lowest BCUT2D eigenvalue weighted by Gasteiger charge is -2.01. The van der Waals surface area contributed by atoms with Crippen LogP contribution in [0, 0.1) is 5.92 Å². The Balaban J connectivity index is 1.78. The molecule has 2 amide bonds. The van der Waals surface area contributed by atoms with Gasteiger partial charge in [-0.2, -0.15) is 4.98 Å². The molecule has 0 spiro atoms. The second-order valence-electron chi connectivity index (χ2n) is 4.76. The van der Waals surface area contributed by atoms with E-state index >= 15 is 0 Å². The first-order valence-corrected chi connectivity index (χ1v) is 6.75. The third-order valence-electron chi connectivity index (χ3n) is 2.98. The van der Waals surface area contributed by atoms with Crippen LogP contribution in [0.15, 0.2) is 10.7 Å². The molecule has 6 nitrogen and oxygen atoms in total. The SMILES string of the molecule is CCCCCNC(=O)c1coc(NC(=O)C2CC2)n1. The zero-order valence-corrected chi connectivity index (χ0v) is 11.1. The van der Waals surface area contributed by atoms with Gasteiger partial charge in [0.1, 0.15) is 6.26 Å². The zero-order valence-electron chi connectivity index (χ0n) is 11.1. The van der Waals surface area contributed by atoms with E-state index in [1.54, 1.807) is 0 Å². The summed E-state index contributed by atoms with van der Waals surface area (Å²) in [7, 11) is 0. The van der Waals surface area contributed by atoms with Gasteiger partial charge in [-0.05, 0) is 19.3 Å². The third kappa shape index (κ3) is 4.08. The molecule has 0 aliphatic heterocycles. The van der Waals surface area contributed by atoms with Crippen molar-refractivity contribution in [3.05, 3.63) is 12.0 Å². The molecule has 1 aromatic heterocycles. The van der Waals surface area contributed by atoms with Gasteiger partial charge in [-0.15, -0.1) is 0 Å². The van der Waals surface area contributed by atoms with Crippen molar-refractivity contribution in [1.82, 2.24) is 10.3 Å². The molecule has 2 rings (SSSR count). The fourth-order valence-electron chi connectivity index (χ4n) is 1.66. The number of nitrogens with zero attached hydrogens (tertiary/aromatic N) is 1. The molecule has 0 unspecified atom stereocenters. The number of oxazole rings is 1. The average molecular weight is 265 g/mol. The van der Waals surface area contributed by atoms with Crippen molar-refractivity contribution in [3.8, 4) is 0 Å². The maximum absolute atomic E-state index is 11.7. The van der Waals surface area contributed by atoms with Crippen LogP contribution >= 0.6 is 0 Å². The molecule has 6 heteroatoms. The Hall–Kier alpha value is -1.85. The number of rotatable bonds is 7. The molecule has 1 aliphatic carbocycles. The van der Waals surface area contributed by atoms with Crippen molar-refractivity contribution in [2.24, 2.45) is 5.92 Å². The van der Waals surface area contributed by atoms with Crippen molar-refractivity contribution in [2.45, 2.75) is 39.0 Å². The van der Waals surface area contributed by atoms with E-state index in [2.05, 4.69) is 22.5 Å². The Morgan fingerprint density at radius 2 is 2.21 bits per heavy atom. The second kappa shape index (κ2) is 6.36. The topological polar surface area (TPSA) is 84.2 Å². The number of hydrogen-bond acceptors (Lipinski definition) is 4. The van der Waals surface area contributed by atoms with Crippen LogP contribution in [0.3, 0.4) is 0 Å². The van der Waals surface area contributed by atoms with E-state index in [9.17, 15) is 9.59 Å². The van der Waals surface area contributed by atoms with Crippen LogP contribution in [0.5, 0.6) is 0 Å². The summed E-state index contributed by atoms with van der Waals surface area (Å²) in [6.45, 7) is 2.73. The fraction of sp³-hybridized carbons (Fsp3) is 0.615. The molecule has 104 valence electrons. The van der Waals surface area contributed by atoms with Crippen molar-refractivity contribution in [3.63, 3.8) is 0 Å². The average Bonchev–Trinajstić information content (AvgIpc) is 3.15. The fourth-order valence-corrected chi connectivity index (χ4v) is 1.66. The van der Waals surface area contributed by atoms with Gasteiger partial charge in [0.15, 0.2) is 5.69 Å². The summed E-state index contributed by atoms with van der Waals surface area (Å²) in [6.07, 6.45) is 6.23. The van der Waals surface area contributed by atoms with Gasteiger partial charge in [0, 0.05) is 12.5 Å². The first-order valence-electron chi connectivity index (χ1n) is 6.75. The van der Waals surface area contributed by atoms with E-state index in [0.29, 0.717) is 6.54 Å². The predicted octanol–water partition coefficient (Wildman–Crippen LogP) is 1.94. The lowest BCUT2D eigenvalue weighted by atomic mass is 10.2. The summed E-state index contributed by atoms with van der Waals surface area (Å²) < 4.78 is 5.06. The van der Waals surface area contributed by atoms with Gasteiger partial charge in [-0.3, -0.25) is 14.9 Å². The minimum absolute atomic E-state index is 0.0817. The number of amides is 2. The summed E-state index contributed by atoms with van der Waals surface area (Å²) in [5, 5.41) is 5.32. The summed E-state index contributed by atoms with van der Waals surface area (Å²) in [5.74, 6) is -0.276. The van der Waals surface area contributed by atoms with E-state index in [-0.39, 0.29) is 29.4 Å². The van der Waals surface area contributed by atoms with Gasteiger partial charge in [0.25, 0.3) is 5.91 Å². The Kier molecular flexibility index (Phi) is 4.54. The third-order valence-corrected chi connectivity index (χ3v) is 2.98.